The lowest BCUT2D eigenvalue weighted by Gasteiger charge is -2.14. The van der Waals surface area contributed by atoms with E-state index in [4.69, 9.17) is 0 Å². The van der Waals surface area contributed by atoms with Crippen LogP contribution < -0.4 is 10.6 Å². The summed E-state index contributed by atoms with van der Waals surface area (Å²) in [5.41, 5.74) is 0.537. The first kappa shape index (κ1) is 12.5. The highest BCUT2D eigenvalue weighted by atomic mass is 16.1. The highest BCUT2D eigenvalue weighted by Gasteiger charge is 2.22. The van der Waals surface area contributed by atoms with Gasteiger partial charge in [-0.1, -0.05) is 13.3 Å². The number of imidazole rings is 1. The third-order valence-electron chi connectivity index (χ3n) is 4.22. The second kappa shape index (κ2) is 5.23. The number of fused-ring (bicyclic) bond motifs is 1. The Kier molecular flexibility index (Phi) is 3.44. The molecule has 0 aromatic carbocycles. The monoisotopic (exact) mass is 262 g/mol. The zero-order chi connectivity index (χ0) is 13.2. The summed E-state index contributed by atoms with van der Waals surface area (Å²) in [6, 6.07) is 0. The van der Waals surface area contributed by atoms with Gasteiger partial charge in [-0.05, 0) is 31.1 Å². The molecule has 0 saturated heterocycles. The molecule has 2 heterocycles. The van der Waals surface area contributed by atoms with Gasteiger partial charge in [-0.15, -0.1) is 0 Å². The molecule has 1 saturated carbocycles. The highest BCUT2D eigenvalue weighted by Crippen LogP contribution is 2.29. The Morgan fingerprint density at radius 3 is 3.21 bits per heavy atom. The molecule has 104 valence electrons. The van der Waals surface area contributed by atoms with Crippen LogP contribution in [-0.4, -0.2) is 28.5 Å². The quantitative estimate of drug-likeness (QED) is 0.874. The van der Waals surface area contributed by atoms with E-state index in [1.165, 1.54) is 19.3 Å². The minimum Gasteiger partial charge on any atom is -0.356 e. The van der Waals surface area contributed by atoms with Crippen LogP contribution in [0.3, 0.4) is 0 Å². The molecule has 2 aliphatic rings. The number of aryl methyl sites for hydroxylation is 1. The molecule has 19 heavy (non-hydrogen) atoms. The van der Waals surface area contributed by atoms with Crippen molar-refractivity contribution in [1.29, 1.82) is 0 Å². The molecule has 1 aromatic heterocycles. The zero-order valence-corrected chi connectivity index (χ0v) is 11.5. The van der Waals surface area contributed by atoms with Crippen molar-refractivity contribution in [3.05, 3.63) is 11.9 Å². The Labute approximate surface area is 113 Å². The van der Waals surface area contributed by atoms with Crippen molar-refractivity contribution in [3.63, 3.8) is 0 Å². The van der Waals surface area contributed by atoms with Crippen molar-refractivity contribution in [2.75, 3.05) is 18.4 Å². The molecule has 0 bridgehead atoms. The summed E-state index contributed by atoms with van der Waals surface area (Å²) in [6.45, 7) is 4.97. The zero-order valence-electron chi connectivity index (χ0n) is 11.5. The molecular formula is C14H22N4O. The van der Waals surface area contributed by atoms with E-state index in [2.05, 4.69) is 22.5 Å². The van der Waals surface area contributed by atoms with Crippen LogP contribution in [-0.2, 0) is 6.54 Å². The van der Waals surface area contributed by atoms with Gasteiger partial charge >= 0.3 is 0 Å². The minimum absolute atomic E-state index is 0.0387. The van der Waals surface area contributed by atoms with Crippen LogP contribution in [0.5, 0.6) is 0 Å². The summed E-state index contributed by atoms with van der Waals surface area (Å²) in [6.07, 6.45) is 6.71. The van der Waals surface area contributed by atoms with Crippen molar-refractivity contribution in [2.24, 2.45) is 11.8 Å². The second-order valence-corrected chi connectivity index (χ2v) is 5.92. The van der Waals surface area contributed by atoms with Gasteiger partial charge in [-0.25, -0.2) is 4.98 Å². The third-order valence-corrected chi connectivity index (χ3v) is 4.22. The van der Waals surface area contributed by atoms with Gasteiger partial charge in [0.25, 0.3) is 5.91 Å². The Balaban J connectivity index is 1.56. The molecule has 1 aromatic rings. The van der Waals surface area contributed by atoms with E-state index in [0.29, 0.717) is 11.6 Å². The smallest absolute Gasteiger partial charge is 0.271 e. The first-order chi connectivity index (χ1) is 9.22. The van der Waals surface area contributed by atoms with Crippen LogP contribution in [0, 0.1) is 11.8 Å². The van der Waals surface area contributed by atoms with Gasteiger partial charge in [-0.3, -0.25) is 4.79 Å². The number of amides is 1. The van der Waals surface area contributed by atoms with E-state index in [9.17, 15) is 4.79 Å². The summed E-state index contributed by atoms with van der Waals surface area (Å²) < 4.78 is 2.02. The lowest BCUT2D eigenvalue weighted by molar-refractivity contribution is 0.0942. The van der Waals surface area contributed by atoms with Crippen molar-refractivity contribution in [2.45, 2.75) is 39.2 Å². The molecule has 2 N–H and O–H groups in total. The standard InChI is InChI=1S/C14H22N4O/c1-10-3-4-11(7-10)8-16-13(19)12-9-18-6-2-5-15-14(18)17-12/h9-11H,2-8H2,1H3,(H,15,17)(H,16,19). The lowest BCUT2D eigenvalue weighted by Crippen LogP contribution is -2.28. The first-order valence-corrected chi connectivity index (χ1v) is 7.31. The highest BCUT2D eigenvalue weighted by molar-refractivity contribution is 5.92. The maximum atomic E-state index is 12.1. The molecule has 1 amide bonds. The van der Waals surface area contributed by atoms with Crippen molar-refractivity contribution in [3.8, 4) is 0 Å². The average Bonchev–Trinajstić information content (AvgIpc) is 3.01. The van der Waals surface area contributed by atoms with Crippen LogP contribution >= 0.6 is 0 Å². The average molecular weight is 262 g/mol. The fraction of sp³-hybridized carbons (Fsp3) is 0.714. The Hall–Kier alpha value is -1.52. The van der Waals surface area contributed by atoms with E-state index < -0.39 is 0 Å². The van der Waals surface area contributed by atoms with Gasteiger partial charge in [0, 0.05) is 25.8 Å². The van der Waals surface area contributed by atoms with Crippen LogP contribution in [0.4, 0.5) is 5.95 Å². The molecule has 2 atom stereocenters. The molecule has 0 radical (unpaired) electrons. The SMILES string of the molecule is CC1CCC(CNC(=O)c2cn3c(n2)NCCC3)C1. The summed E-state index contributed by atoms with van der Waals surface area (Å²) >= 11 is 0. The fourth-order valence-corrected chi connectivity index (χ4v) is 3.12. The van der Waals surface area contributed by atoms with Gasteiger partial charge in [0.05, 0.1) is 0 Å². The molecular weight excluding hydrogens is 240 g/mol. The summed E-state index contributed by atoms with van der Waals surface area (Å²) in [5, 5.41) is 6.24. The van der Waals surface area contributed by atoms with Gasteiger partial charge in [-0.2, -0.15) is 0 Å². The van der Waals surface area contributed by atoms with E-state index in [1.54, 1.807) is 0 Å². The van der Waals surface area contributed by atoms with E-state index in [1.807, 2.05) is 10.8 Å². The minimum atomic E-state index is -0.0387. The Bertz CT molecular complexity index is 445. The molecule has 1 fully saturated rings. The number of rotatable bonds is 3. The van der Waals surface area contributed by atoms with Crippen LogP contribution in [0.25, 0.3) is 0 Å². The molecule has 2 unspecified atom stereocenters. The van der Waals surface area contributed by atoms with Crippen LogP contribution in [0.1, 0.15) is 43.1 Å². The lowest BCUT2D eigenvalue weighted by atomic mass is 10.1. The molecule has 0 spiro atoms. The topological polar surface area (TPSA) is 59.0 Å². The summed E-state index contributed by atoms with van der Waals surface area (Å²) in [5.74, 6) is 2.24. The van der Waals surface area contributed by atoms with Crippen LogP contribution in [0.2, 0.25) is 0 Å². The van der Waals surface area contributed by atoms with Gasteiger partial charge in [0.2, 0.25) is 5.95 Å². The normalized spacial score (nSPS) is 25.7. The summed E-state index contributed by atoms with van der Waals surface area (Å²) in [4.78, 5) is 16.4. The fourth-order valence-electron chi connectivity index (χ4n) is 3.12. The molecule has 3 rings (SSSR count). The number of nitrogens with one attached hydrogen (secondary N) is 2. The number of carbonyl (C=O) groups excluding carboxylic acids is 1. The Morgan fingerprint density at radius 1 is 1.58 bits per heavy atom. The second-order valence-electron chi connectivity index (χ2n) is 5.92. The maximum Gasteiger partial charge on any atom is 0.271 e. The number of hydrogen-bond acceptors (Lipinski definition) is 3. The molecule has 5 nitrogen and oxygen atoms in total. The van der Waals surface area contributed by atoms with E-state index in [0.717, 1.165) is 37.9 Å². The van der Waals surface area contributed by atoms with Crippen molar-refractivity contribution >= 4 is 11.9 Å². The molecule has 1 aliphatic carbocycles. The van der Waals surface area contributed by atoms with E-state index in [-0.39, 0.29) is 5.91 Å². The first-order valence-electron chi connectivity index (χ1n) is 7.31. The number of anilines is 1. The third kappa shape index (κ3) is 2.74. The van der Waals surface area contributed by atoms with Gasteiger partial charge < -0.3 is 15.2 Å². The predicted molar refractivity (Wildman–Crippen MR) is 74.2 cm³/mol. The molecule has 5 heteroatoms. The van der Waals surface area contributed by atoms with Crippen molar-refractivity contribution < 1.29 is 4.79 Å². The predicted octanol–water partition coefficient (Wildman–Crippen LogP) is 1.86. The maximum absolute atomic E-state index is 12.1. The van der Waals surface area contributed by atoms with Crippen molar-refractivity contribution in [1.82, 2.24) is 14.9 Å². The Morgan fingerprint density at radius 2 is 2.47 bits per heavy atom. The van der Waals surface area contributed by atoms with Gasteiger partial charge in [0.1, 0.15) is 5.69 Å². The largest absolute Gasteiger partial charge is 0.356 e. The number of nitrogens with zero attached hydrogens (tertiary/aromatic N) is 2. The van der Waals surface area contributed by atoms with Crippen LogP contribution in [0.15, 0.2) is 6.20 Å². The van der Waals surface area contributed by atoms with E-state index >= 15 is 0 Å². The number of carbonyl (C=O) groups is 1. The molecule has 1 aliphatic heterocycles. The summed E-state index contributed by atoms with van der Waals surface area (Å²) in [7, 11) is 0. The van der Waals surface area contributed by atoms with Gasteiger partial charge in [0.15, 0.2) is 0 Å². The number of hydrogen-bond donors (Lipinski definition) is 2. The number of aromatic nitrogens is 2.